The first-order valence-corrected chi connectivity index (χ1v) is 5.82. The number of hydrogen-bond donors (Lipinski definition) is 0. The van der Waals surface area contributed by atoms with Gasteiger partial charge < -0.3 is 9.47 Å². The molecule has 1 saturated heterocycles. The second-order valence-corrected chi connectivity index (χ2v) is 4.02. The van der Waals surface area contributed by atoms with E-state index in [1.807, 2.05) is 6.08 Å². The molecule has 1 heterocycles. The Morgan fingerprint density at radius 1 is 1.47 bits per heavy atom. The van der Waals surface area contributed by atoms with E-state index in [2.05, 4.69) is 19.6 Å². The molecule has 1 fully saturated rings. The van der Waals surface area contributed by atoms with Crippen molar-refractivity contribution in [1.29, 1.82) is 0 Å². The van der Waals surface area contributed by atoms with Crippen LogP contribution in [0.3, 0.4) is 0 Å². The van der Waals surface area contributed by atoms with Crippen molar-refractivity contribution in [3.05, 3.63) is 24.3 Å². The molecule has 1 rings (SSSR count). The average molecular weight is 210 g/mol. The smallest absolute Gasteiger partial charge is 0.158 e. The van der Waals surface area contributed by atoms with Crippen LogP contribution in [0.1, 0.15) is 39.0 Å². The van der Waals surface area contributed by atoms with Crippen molar-refractivity contribution in [2.45, 2.75) is 45.3 Å². The van der Waals surface area contributed by atoms with Gasteiger partial charge in [0.1, 0.15) is 0 Å². The van der Waals surface area contributed by atoms with Gasteiger partial charge in [-0.2, -0.15) is 0 Å². The molecule has 0 aromatic rings. The second-order valence-electron chi connectivity index (χ2n) is 4.02. The number of rotatable bonds is 6. The summed E-state index contributed by atoms with van der Waals surface area (Å²) in [6.07, 6.45) is 9.72. The van der Waals surface area contributed by atoms with E-state index in [-0.39, 0.29) is 6.29 Å². The van der Waals surface area contributed by atoms with Gasteiger partial charge >= 0.3 is 0 Å². The van der Waals surface area contributed by atoms with E-state index < -0.39 is 0 Å². The molecule has 1 aliphatic heterocycles. The summed E-state index contributed by atoms with van der Waals surface area (Å²) in [6, 6.07) is 0. The third-order valence-electron chi connectivity index (χ3n) is 2.50. The Labute approximate surface area is 93.0 Å². The third kappa shape index (κ3) is 5.75. The van der Waals surface area contributed by atoms with Gasteiger partial charge in [-0.05, 0) is 39.0 Å². The molecule has 1 atom stereocenters. The Morgan fingerprint density at radius 2 is 2.33 bits per heavy atom. The van der Waals surface area contributed by atoms with Crippen LogP contribution in [0.5, 0.6) is 0 Å². The number of unbranched alkanes of at least 4 members (excludes halogenated alkanes) is 1. The first-order valence-electron chi connectivity index (χ1n) is 5.82. The molecule has 0 spiro atoms. The topological polar surface area (TPSA) is 18.5 Å². The van der Waals surface area contributed by atoms with Gasteiger partial charge in [0.25, 0.3) is 0 Å². The van der Waals surface area contributed by atoms with Crippen LogP contribution in [0.2, 0.25) is 0 Å². The highest BCUT2D eigenvalue weighted by molar-refractivity contribution is 4.98. The van der Waals surface area contributed by atoms with Crippen molar-refractivity contribution < 1.29 is 9.47 Å². The fraction of sp³-hybridized carbons (Fsp3) is 0.692. The van der Waals surface area contributed by atoms with Crippen molar-refractivity contribution in [2.24, 2.45) is 0 Å². The molecular weight excluding hydrogens is 188 g/mol. The largest absolute Gasteiger partial charge is 0.353 e. The van der Waals surface area contributed by atoms with E-state index in [0.29, 0.717) is 6.61 Å². The van der Waals surface area contributed by atoms with E-state index in [4.69, 9.17) is 9.47 Å². The lowest BCUT2D eigenvalue weighted by atomic mass is 10.2. The van der Waals surface area contributed by atoms with Crippen molar-refractivity contribution in [3.63, 3.8) is 0 Å². The van der Waals surface area contributed by atoms with Crippen LogP contribution >= 0.6 is 0 Å². The van der Waals surface area contributed by atoms with Crippen LogP contribution in [-0.4, -0.2) is 19.5 Å². The number of ether oxygens (including phenoxy) is 2. The van der Waals surface area contributed by atoms with Gasteiger partial charge in [0.2, 0.25) is 0 Å². The molecule has 0 aromatic heterocycles. The summed E-state index contributed by atoms with van der Waals surface area (Å²) in [5.41, 5.74) is 1.28. The Hall–Kier alpha value is -0.600. The first kappa shape index (κ1) is 12.5. The molecule has 0 bridgehead atoms. The molecule has 0 amide bonds. The fourth-order valence-electron chi connectivity index (χ4n) is 1.57. The molecule has 15 heavy (non-hydrogen) atoms. The van der Waals surface area contributed by atoms with E-state index in [0.717, 1.165) is 25.9 Å². The van der Waals surface area contributed by atoms with Gasteiger partial charge in [-0.15, -0.1) is 6.58 Å². The normalized spacial score (nSPS) is 22.7. The van der Waals surface area contributed by atoms with Crippen LogP contribution in [0, 0.1) is 0 Å². The molecule has 1 unspecified atom stereocenters. The van der Waals surface area contributed by atoms with Crippen molar-refractivity contribution in [3.8, 4) is 0 Å². The summed E-state index contributed by atoms with van der Waals surface area (Å²) in [6.45, 7) is 7.35. The van der Waals surface area contributed by atoms with Crippen molar-refractivity contribution >= 4 is 0 Å². The highest BCUT2D eigenvalue weighted by Gasteiger charge is 2.13. The monoisotopic (exact) mass is 210 g/mol. The van der Waals surface area contributed by atoms with Gasteiger partial charge in [-0.1, -0.05) is 17.7 Å². The van der Waals surface area contributed by atoms with Gasteiger partial charge in [-0.25, -0.2) is 0 Å². The van der Waals surface area contributed by atoms with Crippen molar-refractivity contribution in [1.82, 2.24) is 0 Å². The minimum atomic E-state index is 0.0292. The molecule has 0 saturated carbocycles. The Bertz CT molecular complexity index is 203. The quantitative estimate of drug-likeness (QED) is 0.494. The lowest BCUT2D eigenvalue weighted by molar-refractivity contribution is -0.156. The summed E-state index contributed by atoms with van der Waals surface area (Å²) < 4.78 is 11.1. The molecule has 0 aliphatic carbocycles. The SMILES string of the molecule is C=CCCC=C(C)COC1CCCCO1. The Kier molecular flexibility index (Phi) is 6.37. The van der Waals surface area contributed by atoms with Crippen LogP contribution < -0.4 is 0 Å². The zero-order chi connectivity index (χ0) is 10.9. The molecule has 2 nitrogen and oxygen atoms in total. The van der Waals surface area contributed by atoms with Gasteiger partial charge in [0.05, 0.1) is 6.61 Å². The molecule has 2 heteroatoms. The molecular formula is C13H22O2. The molecule has 1 aliphatic rings. The maximum absolute atomic E-state index is 5.66. The lowest BCUT2D eigenvalue weighted by Gasteiger charge is -2.22. The number of allylic oxidation sites excluding steroid dienone is 2. The van der Waals surface area contributed by atoms with Gasteiger partial charge in [0.15, 0.2) is 6.29 Å². The van der Waals surface area contributed by atoms with Gasteiger partial charge in [-0.3, -0.25) is 0 Å². The zero-order valence-corrected chi connectivity index (χ0v) is 9.71. The summed E-state index contributed by atoms with van der Waals surface area (Å²) in [4.78, 5) is 0. The Morgan fingerprint density at radius 3 is 3.00 bits per heavy atom. The molecule has 0 radical (unpaired) electrons. The summed E-state index contributed by atoms with van der Waals surface area (Å²) in [5.74, 6) is 0. The second kappa shape index (κ2) is 7.66. The van der Waals surface area contributed by atoms with Crippen LogP contribution in [0.25, 0.3) is 0 Å². The maximum Gasteiger partial charge on any atom is 0.158 e. The van der Waals surface area contributed by atoms with Crippen LogP contribution in [0.15, 0.2) is 24.3 Å². The predicted molar refractivity (Wildman–Crippen MR) is 62.7 cm³/mol. The highest BCUT2D eigenvalue weighted by Crippen LogP contribution is 2.14. The van der Waals surface area contributed by atoms with Crippen LogP contribution in [0.4, 0.5) is 0 Å². The van der Waals surface area contributed by atoms with E-state index in [9.17, 15) is 0 Å². The minimum Gasteiger partial charge on any atom is -0.353 e. The highest BCUT2D eigenvalue weighted by atomic mass is 16.7. The lowest BCUT2D eigenvalue weighted by Crippen LogP contribution is -2.22. The summed E-state index contributed by atoms with van der Waals surface area (Å²) >= 11 is 0. The van der Waals surface area contributed by atoms with Crippen molar-refractivity contribution in [2.75, 3.05) is 13.2 Å². The molecule has 0 aromatic carbocycles. The van der Waals surface area contributed by atoms with E-state index in [1.165, 1.54) is 18.4 Å². The Balaban J connectivity index is 2.11. The maximum atomic E-state index is 5.66. The fourth-order valence-corrected chi connectivity index (χ4v) is 1.57. The average Bonchev–Trinajstić information content (AvgIpc) is 2.28. The standard InChI is InChI=1S/C13H22O2/c1-3-4-5-8-12(2)11-15-13-9-6-7-10-14-13/h3,8,13H,1,4-7,9-11H2,2H3. The first-order chi connectivity index (χ1) is 7.33. The summed E-state index contributed by atoms with van der Waals surface area (Å²) in [5, 5.41) is 0. The summed E-state index contributed by atoms with van der Waals surface area (Å²) in [7, 11) is 0. The van der Waals surface area contributed by atoms with Crippen LogP contribution in [-0.2, 0) is 9.47 Å². The van der Waals surface area contributed by atoms with E-state index >= 15 is 0 Å². The molecule has 0 N–H and O–H groups in total. The van der Waals surface area contributed by atoms with Gasteiger partial charge in [0, 0.05) is 6.61 Å². The predicted octanol–water partition coefficient (Wildman–Crippen LogP) is 3.44. The molecule has 86 valence electrons. The van der Waals surface area contributed by atoms with E-state index in [1.54, 1.807) is 0 Å². The minimum absolute atomic E-state index is 0.0292. The zero-order valence-electron chi connectivity index (χ0n) is 9.71. The number of hydrogen-bond acceptors (Lipinski definition) is 2. The third-order valence-corrected chi connectivity index (χ3v) is 2.50.